The molecule has 0 bridgehead atoms. The van der Waals surface area contributed by atoms with Gasteiger partial charge < -0.3 is 10.2 Å². The zero-order chi connectivity index (χ0) is 17.9. The summed E-state index contributed by atoms with van der Waals surface area (Å²) in [5, 5.41) is 3.83. The number of aromatic nitrogens is 1. The van der Waals surface area contributed by atoms with Gasteiger partial charge >= 0.3 is 0 Å². The van der Waals surface area contributed by atoms with E-state index in [1.54, 1.807) is 0 Å². The number of nitrogens with one attached hydrogen (secondary N) is 1. The summed E-state index contributed by atoms with van der Waals surface area (Å²) in [6.45, 7) is 12.4. The molecular weight excluding hydrogens is 322 g/mol. The van der Waals surface area contributed by atoms with Gasteiger partial charge in [0, 0.05) is 31.5 Å². The topological polar surface area (TPSA) is 62.3 Å². The quantitative estimate of drug-likeness (QED) is 0.906. The third kappa shape index (κ3) is 4.79. The summed E-state index contributed by atoms with van der Waals surface area (Å²) in [4.78, 5) is 31.7. The largest absolute Gasteiger partial charge is 0.351 e. The highest BCUT2D eigenvalue weighted by Crippen LogP contribution is 2.29. The lowest BCUT2D eigenvalue weighted by Gasteiger charge is -2.31. The van der Waals surface area contributed by atoms with E-state index in [1.807, 2.05) is 11.8 Å². The van der Waals surface area contributed by atoms with Gasteiger partial charge in [0.25, 0.3) is 5.91 Å². The number of amides is 2. The van der Waals surface area contributed by atoms with Gasteiger partial charge in [-0.05, 0) is 25.7 Å². The Morgan fingerprint density at radius 2 is 2.08 bits per heavy atom. The lowest BCUT2D eigenvalue weighted by atomic mass is 9.98. The van der Waals surface area contributed by atoms with Crippen molar-refractivity contribution in [3.05, 3.63) is 15.6 Å². The number of rotatable bonds is 4. The summed E-state index contributed by atoms with van der Waals surface area (Å²) in [5.41, 5.74) is 0.702. The van der Waals surface area contributed by atoms with Crippen LogP contribution >= 0.6 is 11.3 Å². The van der Waals surface area contributed by atoms with Gasteiger partial charge in [-0.2, -0.15) is 0 Å². The van der Waals surface area contributed by atoms with E-state index in [4.69, 9.17) is 0 Å². The minimum Gasteiger partial charge on any atom is -0.351 e. The number of thiazole rings is 1. The lowest BCUT2D eigenvalue weighted by Crippen LogP contribution is -2.40. The van der Waals surface area contributed by atoms with Crippen LogP contribution < -0.4 is 5.32 Å². The standard InChI is InChI=1S/C18H29N3O2S/c1-12-7-6-10-21(11-12)14(22)8-9-19-16(23)15-13(2)20-17(24-15)18(3,4)5/h12H,6-11H2,1-5H3,(H,19,23). The minimum absolute atomic E-state index is 0.0606. The summed E-state index contributed by atoms with van der Waals surface area (Å²) in [6.07, 6.45) is 2.64. The Labute approximate surface area is 148 Å². The number of carbonyl (C=O) groups is 2. The Hall–Kier alpha value is -1.43. The number of hydrogen-bond acceptors (Lipinski definition) is 4. The first-order valence-corrected chi connectivity index (χ1v) is 9.54. The first kappa shape index (κ1) is 18.9. The molecule has 1 aliphatic heterocycles. The SMILES string of the molecule is Cc1nc(C(C)(C)C)sc1C(=O)NCCC(=O)N1CCCC(C)C1. The monoisotopic (exact) mass is 351 g/mol. The van der Waals surface area contributed by atoms with Crippen molar-refractivity contribution in [2.24, 2.45) is 5.92 Å². The van der Waals surface area contributed by atoms with Crippen molar-refractivity contribution in [1.82, 2.24) is 15.2 Å². The zero-order valence-corrected chi connectivity index (χ0v) is 16.3. The van der Waals surface area contributed by atoms with Crippen molar-refractivity contribution >= 4 is 23.2 Å². The number of hydrogen-bond donors (Lipinski definition) is 1. The Balaban J connectivity index is 1.85. The van der Waals surface area contributed by atoms with Crippen molar-refractivity contribution in [2.45, 2.75) is 59.3 Å². The molecule has 134 valence electrons. The molecule has 6 heteroatoms. The summed E-state index contributed by atoms with van der Waals surface area (Å²) in [7, 11) is 0. The smallest absolute Gasteiger partial charge is 0.263 e. The Kier molecular flexibility index (Phi) is 6.01. The molecular formula is C18H29N3O2S. The molecule has 1 fully saturated rings. The molecule has 2 amide bonds. The molecule has 1 atom stereocenters. The first-order valence-electron chi connectivity index (χ1n) is 8.72. The van der Waals surface area contributed by atoms with Crippen LogP contribution in [0.1, 0.15) is 67.3 Å². The van der Waals surface area contributed by atoms with Gasteiger partial charge in [-0.1, -0.05) is 27.7 Å². The molecule has 0 saturated carbocycles. The van der Waals surface area contributed by atoms with E-state index >= 15 is 0 Å². The minimum atomic E-state index is -0.125. The van der Waals surface area contributed by atoms with Gasteiger partial charge in [0.05, 0.1) is 10.7 Å². The first-order chi connectivity index (χ1) is 11.2. The summed E-state index contributed by atoms with van der Waals surface area (Å²) in [5.74, 6) is 0.589. The van der Waals surface area contributed by atoms with E-state index < -0.39 is 0 Å². The third-order valence-corrected chi connectivity index (χ3v) is 5.86. The van der Waals surface area contributed by atoms with Crippen LogP contribution in [0.2, 0.25) is 0 Å². The van der Waals surface area contributed by atoms with Crippen LogP contribution in [0.15, 0.2) is 0 Å². The molecule has 0 aliphatic carbocycles. The molecule has 0 spiro atoms. The van der Waals surface area contributed by atoms with Crippen LogP contribution in [0.4, 0.5) is 0 Å². The van der Waals surface area contributed by atoms with E-state index in [2.05, 4.69) is 38.0 Å². The summed E-state index contributed by atoms with van der Waals surface area (Å²) in [6, 6.07) is 0. The highest BCUT2D eigenvalue weighted by Gasteiger charge is 2.24. The Morgan fingerprint density at radius 1 is 1.38 bits per heavy atom. The lowest BCUT2D eigenvalue weighted by molar-refractivity contribution is -0.132. The predicted octanol–water partition coefficient (Wildman–Crippen LogP) is 3.13. The van der Waals surface area contributed by atoms with Gasteiger partial charge in [0.15, 0.2) is 0 Å². The molecule has 1 aromatic rings. The van der Waals surface area contributed by atoms with Crippen molar-refractivity contribution in [2.75, 3.05) is 19.6 Å². The fraction of sp³-hybridized carbons (Fsp3) is 0.722. The van der Waals surface area contributed by atoms with Crippen LogP contribution in [-0.2, 0) is 10.2 Å². The van der Waals surface area contributed by atoms with E-state index in [0.717, 1.165) is 30.2 Å². The second kappa shape index (κ2) is 7.64. The number of likely N-dealkylation sites (tertiary alicyclic amines) is 1. The molecule has 2 heterocycles. The van der Waals surface area contributed by atoms with Gasteiger partial charge in [-0.25, -0.2) is 4.98 Å². The molecule has 0 aromatic carbocycles. The van der Waals surface area contributed by atoms with Gasteiger partial charge in [-0.15, -0.1) is 11.3 Å². The van der Waals surface area contributed by atoms with Crippen molar-refractivity contribution in [3.63, 3.8) is 0 Å². The van der Waals surface area contributed by atoms with Crippen LogP contribution in [0.3, 0.4) is 0 Å². The van der Waals surface area contributed by atoms with E-state index in [9.17, 15) is 9.59 Å². The number of aryl methyl sites for hydroxylation is 1. The second-order valence-corrected chi connectivity index (χ2v) is 8.78. The van der Waals surface area contributed by atoms with Crippen molar-refractivity contribution < 1.29 is 9.59 Å². The van der Waals surface area contributed by atoms with Gasteiger partial charge in [-0.3, -0.25) is 9.59 Å². The van der Waals surface area contributed by atoms with E-state index in [1.165, 1.54) is 17.8 Å². The Morgan fingerprint density at radius 3 is 2.67 bits per heavy atom. The second-order valence-electron chi connectivity index (χ2n) is 7.78. The molecule has 1 unspecified atom stereocenters. The number of carbonyl (C=O) groups excluding carboxylic acids is 2. The Bertz CT molecular complexity index is 604. The fourth-order valence-corrected chi connectivity index (χ4v) is 3.91. The van der Waals surface area contributed by atoms with Crippen molar-refractivity contribution in [1.29, 1.82) is 0 Å². The van der Waals surface area contributed by atoms with E-state index in [0.29, 0.717) is 23.8 Å². The number of nitrogens with zero attached hydrogens (tertiary/aromatic N) is 2. The molecule has 0 radical (unpaired) electrons. The van der Waals surface area contributed by atoms with Crippen LogP contribution in [-0.4, -0.2) is 41.3 Å². The molecule has 1 aromatic heterocycles. The third-order valence-electron chi connectivity index (χ3n) is 4.28. The van der Waals surface area contributed by atoms with Crippen LogP contribution in [0, 0.1) is 12.8 Å². The predicted molar refractivity (Wildman–Crippen MR) is 97.5 cm³/mol. The van der Waals surface area contributed by atoms with Gasteiger partial charge in [0.2, 0.25) is 5.91 Å². The highest BCUT2D eigenvalue weighted by atomic mass is 32.1. The average molecular weight is 352 g/mol. The van der Waals surface area contributed by atoms with Crippen molar-refractivity contribution in [3.8, 4) is 0 Å². The maximum absolute atomic E-state index is 12.4. The fourth-order valence-electron chi connectivity index (χ4n) is 2.87. The highest BCUT2D eigenvalue weighted by molar-refractivity contribution is 7.14. The maximum Gasteiger partial charge on any atom is 0.263 e. The van der Waals surface area contributed by atoms with Crippen LogP contribution in [0.5, 0.6) is 0 Å². The maximum atomic E-state index is 12.4. The normalized spacial score (nSPS) is 18.5. The summed E-state index contributed by atoms with van der Waals surface area (Å²) >= 11 is 1.44. The molecule has 2 rings (SSSR count). The van der Waals surface area contributed by atoms with E-state index in [-0.39, 0.29) is 17.2 Å². The molecule has 1 aliphatic rings. The molecule has 24 heavy (non-hydrogen) atoms. The zero-order valence-electron chi connectivity index (χ0n) is 15.4. The van der Waals surface area contributed by atoms with Crippen LogP contribution in [0.25, 0.3) is 0 Å². The average Bonchev–Trinajstić information content (AvgIpc) is 2.89. The molecule has 1 N–H and O–H groups in total. The molecule has 5 nitrogen and oxygen atoms in total. The number of piperidine rings is 1. The molecule has 1 saturated heterocycles. The summed E-state index contributed by atoms with van der Waals surface area (Å²) < 4.78 is 0. The van der Waals surface area contributed by atoms with Gasteiger partial charge in [0.1, 0.15) is 4.88 Å².